The number of hydrogen-bond donors (Lipinski definition) is 1. The van der Waals surface area contributed by atoms with Gasteiger partial charge in [-0.3, -0.25) is 10.1 Å². The van der Waals surface area contributed by atoms with Gasteiger partial charge >= 0.3 is 0 Å². The molecule has 158 valence electrons. The molecule has 31 heavy (non-hydrogen) atoms. The number of carbonyl (C=O) groups excluding carboxylic acids is 1. The summed E-state index contributed by atoms with van der Waals surface area (Å²) in [5, 5.41) is 9.70. The van der Waals surface area contributed by atoms with E-state index >= 15 is 0 Å². The van der Waals surface area contributed by atoms with Crippen LogP contribution >= 0.6 is 11.3 Å². The van der Waals surface area contributed by atoms with Crippen LogP contribution in [0.1, 0.15) is 21.8 Å². The van der Waals surface area contributed by atoms with Gasteiger partial charge in [0.05, 0.1) is 31.0 Å². The normalized spacial score (nSPS) is 11.0. The van der Waals surface area contributed by atoms with Crippen molar-refractivity contribution in [3.63, 3.8) is 0 Å². The lowest BCUT2D eigenvalue weighted by molar-refractivity contribution is 0.102. The van der Waals surface area contributed by atoms with Gasteiger partial charge in [-0.15, -0.1) is 10.2 Å². The highest BCUT2D eigenvalue weighted by atomic mass is 32.1. The topological polar surface area (TPSA) is 86.2 Å². The van der Waals surface area contributed by atoms with Gasteiger partial charge in [-0.25, -0.2) is 13.8 Å². The number of methoxy groups -OCH3 is 2. The molecule has 0 unspecified atom stereocenters. The summed E-state index contributed by atoms with van der Waals surface area (Å²) in [6, 6.07) is 14.1. The molecule has 0 fully saturated rings. The molecule has 0 aliphatic carbocycles. The minimum absolute atomic E-state index is 0.00569. The number of amides is 1. The average Bonchev–Trinajstić information content (AvgIpc) is 3.26. The van der Waals surface area contributed by atoms with Crippen molar-refractivity contribution in [2.75, 3.05) is 19.5 Å². The maximum atomic E-state index is 13.0. The first kappa shape index (κ1) is 20.6. The van der Waals surface area contributed by atoms with E-state index in [2.05, 4.69) is 20.5 Å². The SMILES string of the molecule is COc1ccc(-c2cc(C(=O)Nc3nnc(C(F)F)s3)c3ccccc3n2)cc1OC. The van der Waals surface area contributed by atoms with Gasteiger partial charge in [0.15, 0.2) is 16.5 Å². The average molecular weight is 442 g/mol. The molecule has 7 nitrogen and oxygen atoms in total. The third-order valence-corrected chi connectivity index (χ3v) is 5.33. The van der Waals surface area contributed by atoms with Gasteiger partial charge in [0.1, 0.15) is 0 Å². The van der Waals surface area contributed by atoms with Gasteiger partial charge in [0, 0.05) is 10.9 Å². The maximum absolute atomic E-state index is 13.0. The van der Waals surface area contributed by atoms with Gasteiger partial charge in [-0.1, -0.05) is 29.5 Å². The first-order valence-corrected chi connectivity index (χ1v) is 9.87. The number of ether oxygens (including phenoxy) is 2. The quantitative estimate of drug-likeness (QED) is 0.454. The summed E-state index contributed by atoms with van der Waals surface area (Å²) in [5.41, 5.74) is 2.18. The second kappa shape index (κ2) is 8.60. The number of anilines is 1. The fourth-order valence-corrected chi connectivity index (χ4v) is 3.64. The lowest BCUT2D eigenvalue weighted by Gasteiger charge is -2.12. The highest BCUT2D eigenvalue weighted by molar-refractivity contribution is 7.15. The Bertz CT molecular complexity index is 1260. The van der Waals surface area contributed by atoms with E-state index in [1.165, 1.54) is 7.11 Å². The summed E-state index contributed by atoms with van der Waals surface area (Å²) in [7, 11) is 3.07. The Balaban J connectivity index is 1.77. The fourth-order valence-electron chi connectivity index (χ4n) is 3.04. The third kappa shape index (κ3) is 4.15. The van der Waals surface area contributed by atoms with Crippen LogP contribution in [0.4, 0.5) is 13.9 Å². The lowest BCUT2D eigenvalue weighted by atomic mass is 10.0. The first-order chi connectivity index (χ1) is 15.0. The van der Waals surface area contributed by atoms with Crippen LogP contribution in [0.5, 0.6) is 11.5 Å². The van der Waals surface area contributed by atoms with Gasteiger partial charge < -0.3 is 9.47 Å². The van der Waals surface area contributed by atoms with E-state index in [0.717, 1.165) is 0 Å². The van der Waals surface area contributed by atoms with Gasteiger partial charge in [-0.05, 0) is 30.3 Å². The first-order valence-electron chi connectivity index (χ1n) is 9.05. The van der Waals surface area contributed by atoms with Gasteiger partial charge in [0.2, 0.25) is 5.13 Å². The molecule has 0 atom stereocenters. The molecule has 0 radical (unpaired) electrons. The van der Waals surface area contributed by atoms with Crippen molar-refractivity contribution in [2.45, 2.75) is 6.43 Å². The predicted molar refractivity (Wildman–Crippen MR) is 113 cm³/mol. The number of aromatic nitrogens is 3. The number of hydrogen-bond acceptors (Lipinski definition) is 7. The molecule has 2 aromatic heterocycles. The van der Waals surface area contributed by atoms with Gasteiger partial charge in [0.25, 0.3) is 12.3 Å². The Hall–Kier alpha value is -3.66. The number of halogens is 2. The van der Waals surface area contributed by atoms with Crippen LogP contribution in [-0.4, -0.2) is 35.3 Å². The van der Waals surface area contributed by atoms with Crippen molar-refractivity contribution in [2.24, 2.45) is 0 Å². The molecule has 0 aliphatic heterocycles. The summed E-state index contributed by atoms with van der Waals surface area (Å²) in [6.45, 7) is 0. The Morgan fingerprint density at radius 3 is 2.52 bits per heavy atom. The number of benzene rings is 2. The number of nitrogens with zero attached hydrogens (tertiary/aromatic N) is 3. The minimum atomic E-state index is -2.75. The molecule has 0 spiro atoms. The van der Waals surface area contributed by atoms with E-state index in [9.17, 15) is 13.6 Å². The minimum Gasteiger partial charge on any atom is -0.493 e. The molecule has 0 saturated heterocycles. The number of para-hydroxylation sites is 1. The third-order valence-electron chi connectivity index (χ3n) is 4.49. The number of pyridine rings is 1. The van der Waals surface area contributed by atoms with Crippen molar-refractivity contribution >= 4 is 33.3 Å². The molecule has 2 aromatic carbocycles. The lowest BCUT2D eigenvalue weighted by Crippen LogP contribution is -2.13. The Labute approximate surface area is 179 Å². The van der Waals surface area contributed by atoms with E-state index in [1.54, 1.807) is 49.6 Å². The van der Waals surface area contributed by atoms with Crippen LogP contribution in [0.15, 0.2) is 48.5 Å². The Kier molecular flexibility index (Phi) is 5.72. The standard InChI is InChI=1S/C21H16F2N4O3S/c1-29-16-8-7-11(9-17(16)30-2)15-10-13(12-5-3-4-6-14(12)24-15)19(28)25-21-27-26-20(31-21)18(22)23/h3-10,18H,1-2H3,(H,25,27,28). The van der Waals surface area contributed by atoms with Crippen LogP contribution in [-0.2, 0) is 0 Å². The van der Waals surface area contributed by atoms with E-state index in [0.29, 0.717) is 50.6 Å². The Morgan fingerprint density at radius 1 is 1.03 bits per heavy atom. The molecular formula is C21H16F2N4O3S. The van der Waals surface area contributed by atoms with Crippen molar-refractivity contribution in [3.8, 4) is 22.8 Å². The van der Waals surface area contributed by atoms with Crippen molar-refractivity contribution < 1.29 is 23.0 Å². The van der Waals surface area contributed by atoms with Crippen molar-refractivity contribution in [1.82, 2.24) is 15.2 Å². The number of nitrogens with one attached hydrogen (secondary N) is 1. The monoisotopic (exact) mass is 442 g/mol. The van der Waals surface area contributed by atoms with E-state index in [-0.39, 0.29) is 5.13 Å². The van der Waals surface area contributed by atoms with E-state index < -0.39 is 17.3 Å². The van der Waals surface area contributed by atoms with E-state index in [4.69, 9.17) is 9.47 Å². The maximum Gasteiger partial charge on any atom is 0.291 e. The highest BCUT2D eigenvalue weighted by Crippen LogP contribution is 2.33. The molecule has 0 saturated carbocycles. The molecule has 4 rings (SSSR count). The summed E-state index contributed by atoms with van der Waals surface area (Å²) in [5.74, 6) is 0.586. The summed E-state index contributed by atoms with van der Waals surface area (Å²) in [4.78, 5) is 17.6. The second-order valence-electron chi connectivity index (χ2n) is 6.34. The number of fused-ring (bicyclic) bond motifs is 1. The zero-order chi connectivity index (χ0) is 22.0. The van der Waals surface area contributed by atoms with Crippen LogP contribution in [0.3, 0.4) is 0 Å². The second-order valence-corrected chi connectivity index (χ2v) is 7.35. The van der Waals surface area contributed by atoms with E-state index in [1.807, 2.05) is 6.07 Å². The predicted octanol–water partition coefficient (Wildman–Crippen LogP) is 4.96. The molecule has 2 heterocycles. The molecule has 1 N–H and O–H groups in total. The van der Waals surface area contributed by atoms with Crippen molar-refractivity contribution in [3.05, 3.63) is 59.1 Å². The highest BCUT2D eigenvalue weighted by Gasteiger charge is 2.19. The summed E-state index contributed by atoms with van der Waals surface area (Å²) < 4.78 is 36.2. The number of rotatable bonds is 6. The molecule has 1 amide bonds. The largest absolute Gasteiger partial charge is 0.493 e. The molecule has 4 aromatic rings. The zero-order valence-electron chi connectivity index (χ0n) is 16.4. The summed E-state index contributed by atoms with van der Waals surface area (Å²) >= 11 is 0.629. The molecule has 10 heteroatoms. The molecule has 0 bridgehead atoms. The smallest absolute Gasteiger partial charge is 0.291 e. The zero-order valence-corrected chi connectivity index (χ0v) is 17.2. The molecule has 0 aliphatic rings. The fraction of sp³-hybridized carbons (Fsp3) is 0.143. The van der Waals surface area contributed by atoms with Crippen molar-refractivity contribution in [1.29, 1.82) is 0 Å². The molecular weight excluding hydrogens is 426 g/mol. The van der Waals surface area contributed by atoms with Crippen LogP contribution in [0.25, 0.3) is 22.2 Å². The van der Waals surface area contributed by atoms with Gasteiger partial charge in [-0.2, -0.15) is 0 Å². The van der Waals surface area contributed by atoms with Crippen LogP contribution < -0.4 is 14.8 Å². The van der Waals surface area contributed by atoms with Crippen LogP contribution in [0, 0.1) is 0 Å². The number of alkyl halides is 2. The Morgan fingerprint density at radius 2 is 1.81 bits per heavy atom. The van der Waals surface area contributed by atoms with Crippen LogP contribution in [0.2, 0.25) is 0 Å². The number of carbonyl (C=O) groups is 1. The summed E-state index contributed by atoms with van der Waals surface area (Å²) in [6.07, 6.45) is -2.75.